The summed E-state index contributed by atoms with van der Waals surface area (Å²) in [4.78, 5) is 30.9. The normalized spacial score (nSPS) is 18.4. The van der Waals surface area contributed by atoms with Gasteiger partial charge in [-0.3, -0.25) is 4.79 Å². The summed E-state index contributed by atoms with van der Waals surface area (Å²) in [5.41, 5.74) is 9.80. The van der Waals surface area contributed by atoms with E-state index >= 15 is 0 Å². The monoisotopic (exact) mass is 431 g/mol. The number of nitrogen functional groups attached to an aromatic ring is 1. The average molecular weight is 432 g/mol. The summed E-state index contributed by atoms with van der Waals surface area (Å²) in [5.74, 6) is 0.254. The van der Waals surface area contributed by atoms with E-state index in [1.807, 2.05) is 29.7 Å². The van der Waals surface area contributed by atoms with Gasteiger partial charge in [0.05, 0.1) is 6.20 Å². The van der Waals surface area contributed by atoms with E-state index in [1.54, 1.807) is 6.20 Å². The van der Waals surface area contributed by atoms with Crippen LogP contribution in [0.5, 0.6) is 0 Å². The first kappa shape index (κ1) is 20.3. The topological polar surface area (TPSA) is 124 Å². The van der Waals surface area contributed by atoms with Crippen molar-refractivity contribution >= 4 is 17.2 Å². The fourth-order valence-corrected chi connectivity index (χ4v) is 4.27. The molecule has 5 heterocycles. The van der Waals surface area contributed by atoms with Gasteiger partial charge in [-0.1, -0.05) is 0 Å². The maximum Gasteiger partial charge on any atom is 0.247 e. The SMILES string of the molecule is Cc1cnc2ccc(-c3nc(C(=O)CCC4(C)CCCN4)c(N)nc3-c3ncco3)cn12. The number of nitrogens with two attached hydrogens (primary N) is 1. The molecule has 1 atom stereocenters. The lowest BCUT2D eigenvalue weighted by atomic mass is 9.92. The molecule has 164 valence electrons. The van der Waals surface area contributed by atoms with Crippen LogP contribution in [-0.2, 0) is 0 Å². The molecule has 0 aliphatic carbocycles. The number of carbonyl (C=O) groups excluding carboxylic acids is 1. The van der Waals surface area contributed by atoms with Crippen LogP contribution in [-0.4, -0.2) is 42.2 Å². The fraction of sp³-hybridized carbons (Fsp3) is 0.348. The van der Waals surface area contributed by atoms with Crippen molar-refractivity contribution in [3.8, 4) is 22.8 Å². The van der Waals surface area contributed by atoms with Crippen molar-refractivity contribution in [2.45, 2.75) is 45.1 Å². The lowest BCUT2D eigenvalue weighted by Gasteiger charge is -2.23. The van der Waals surface area contributed by atoms with E-state index in [2.05, 4.69) is 27.2 Å². The molecule has 0 radical (unpaired) electrons. The van der Waals surface area contributed by atoms with E-state index in [0.29, 0.717) is 23.7 Å². The molecule has 32 heavy (non-hydrogen) atoms. The Morgan fingerprint density at radius 3 is 2.91 bits per heavy atom. The lowest BCUT2D eigenvalue weighted by molar-refractivity contribution is 0.0965. The maximum absolute atomic E-state index is 13.1. The number of pyridine rings is 1. The van der Waals surface area contributed by atoms with Gasteiger partial charge in [0.25, 0.3) is 0 Å². The van der Waals surface area contributed by atoms with Crippen molar-refractivity contribution in [2.24, 2.45) is 0 Å². The Hall–Kier alpha value is -3.59. The maximum atomic E-state index is 13.1. The summed E-state index contributed by atoms with van der Waals surface area (Å²) in [6, 6.07) is 3.79. The highest BCUT2D eigenvalue weighted by molar-refractivity contribution is 5.99. The number of hydrogen-bond acceptors (Lipinski definition) is 8. The number of carbonyl (C=O) groups is 1. The van der Waals surface area contributed by atoms with Crippen molar-refractivity contribution in [3.05, 3.63) is 48.4 Å². The number of nitrogens with one attached hydrogen (secondary N) is 1. The number of anilines is 1. The van der Waals surface area contributed by atoms with Gasteiger partial charge in [0, 0.05) is 35.6 Å². The van der Waals surface area contributed by atoms with Gasteiger partial charge in [-0.25, -0.2) is 19.9 Å². The van der Waals surface area contributed by atoms with Crippen LogP contribution in [0.1, 0.15) is 48.8 Å². The second-order valence-corrected chi connectivity index (χ2v) is 8.55. The summed E-state index contributed by atoms with van der Waals surface area (Å²) in [5, 5.41) is 3.49. The van der Waals surface area contributed by atoms with Crippen molar-refractivity contribution in [1.29, 1.82) is 0 Å². The van der Waals surface area contributed by atoms with Crippen molar-refractivity contribution in [2.75, 3.05) is 12.3 Å². The molecule has 1 fully saturated rings. The van der Waals surface area contributed by atoms with Crippen LogP contribution in [0.4, 0.5) is 5.82 Å². The summed E-state index contributed by atoms with van der Waals surface area (Å²) in [7, 11) is 0. The second-order valence-electron chi connectivity index (χ2n) is 8.55. The first-order chi connectivity index (χ1) is 15.4. The van der Waals surface area contributed by atoms with Gasteiger partial charge in [0.1, 0.15) is 23.3 Å². The molecule has 0 spiro atoms. The third kappa shape index (κ3) is 3.64. The van der Waals surface area contributed by atoms with Gasteiger partial charge in [0.15, 0.2) is 17.3 Å². The largest absolute Gasteiger partial charge is 0.443 e. The molecule has 0 bridgehead atoms. The number of Topliss-reactive ketones (excluding diaryl/α,β-unsaturated/α-hetero) is 1. The van der Waals surface area contributed by atoms with Crippen molar-refractivity contribution in [3.63, 3.8) is 0 Å². The molecular weight excluding hydrogens is 406 g/mol. The number of imidazole rings is 1. The van der Waals surface area contributed by atoms with E-state index in [9.17, 15) is 4.79 Å². The minimum absolute atomic E-state index is 0.0251. The van der Waals surface area contributed by atoms with Crippen LogP contribution in [0.2, 0.25) is 0 Å². The molecule has 1 aliphatic rings. The predicted octanol–water partition coefficient (Wildman–Crippen LogP) is 3.44. The van der Waals surface area contributed by atoms with E-state index in [0.717, 1.165) is 42.7 Å². The second kappa shape index (κ2) is 7.83. The molecule has 1 unspecified atom stereocenters. The summed E-state index contributed by atoms with van der Waals surface area (Å²) >= 11 is 0. The highest BCUT2D eigenvalue weighted by Gasteiger charge is 2.29. The quantitative estimate of drug-likeness (QED) is 0.445. The minimum Gasteiger partial charge on any atom is -0.443 e. The molecule has 5 rings (SSSR count). The molecule has 4 aromatic heterocycles. The molecule has 0 saturated carbocycles. The predicted molar refractivity (Wildman–Crippen MR) is 120 cm³/mol. The van der Waals surface area contributed by atoms with E-state index < -0.39 is 0 Å². The Balaban J connectivity index is 1.57. The van der Waals surface area contributed by atoms with Crippen LogP contribution in [0.15, 0.2) is 41.4 Å². The van der Waals surface area contributed by atoms with Crippen LogP contribution >= 0.6 is 0 Å². The zero-order valence-electron chi connectivity index (χ0n) is 18.1. The Morgan fingerprint density at radius 2 is 2.16 bits per heavy atom. The summed E-state index contributed by atoms with van der Waals surface area (Å²) < 4.78 is 7.44. The lowest BCUT2D eigenvalue weighted by Crippen LogP contribution is -2.36. The first-order valence-corrected chi connectivity index (χ1v) is 10.7. The zero-order valence-corrected chi connectivity index (χ0v) is 18.1. The first-order valence-electron chi connectivity index (χ1n) is 10.7. The Bertz CT molecular complexity index is 1290. The third-order valence-corrected chi connectivity index (χ3v) is 6.15. The highest BCUT2D eigenvalue weighted by Crippen LogP contribution is 2.31. The smallest absolute Gasteiger partial charge is 0.247 e. The molecule has 9 nitrogen and oxygen atoms in total. The summed E-state index contributed by atoms with van der Waals surface area (Å²) in [6.45, 7) is 5.11. The van der Waals surface area contributed by atoms with E-state index in [1.165, 1.54) is 12.5 Å². The summed E-state index contributed by atoms with van der Waals surface area (Å²) in [6.07, 6.45) is 9.97. The van der Waals surface area contributed by atoms with E-state index in [-0.39, 0.29) is 22.8 Å². The molecule has 1 saturated heterocycles. The number of fused-ring (bicyclic) bond motifs is 1. The number of ketones is 1. The van der Waals surface area contributed by atoms with Gasteiger partial charge in [-0.05, 0) is 51.8 Å². The highest BCUT2D eigenvalue weighted by atomic mass is 16.3. The van der Waals surface area contributed by atoms with E-state index in [4.69, 9.17) is 15.1 Å². The molecule has 0 aromatic carbocycles. The molecule has 0 amide bonds. The number of aryl methyl sites for hydroxylation is 1. The molecule has 9 heteroatoms. The van der Waals surface area contributed by atoms with Gasteiger partial charge in [0.2, 0.25) is 5.89 Å². The Labute approximate surface area is 185 Å². The van der Waals surface area contributed by atoms with Crippen LogP contribution in [0, 0.1) is 6.92 Å². The molecular formula is C23H25N7O2. The molecule has 4 aromatic rings. The van der Waals surface area contributed by atoms with Gasteiger partial charge >= 0.3 is 0 Å². The number of oxazole rings is 1. The third-order valence-electron chi connectivity index (χ3n) is 6.15. The minimum atomic E-state index is -0.120. The standard InChI is InChI=1S/C23H25N7O2/c1-14-12-26-17-5-4-15(13-30(14)17)18-20(22-25-10-11-32-22)29-21(24)19(28-18)16(31)6-8-23(2)7-3-9-27-23/h4-5,10-13,27H,3,6-9H2,1-2H3,(H2,24,29). The molecule has 3 N–H and O–H groups in total. The number of nitrogens with zero attached hydrogens (tertiary/aromatic N) is 5. The number of aromatic nitrogens is 5. The average Bonchev–Trinajstić information content (AvgIpc) is 3.54. The molecule has 1 aliphatic heterocycles. The van der Waals surface area contributed by atoms with Crippen LogP contribution in [0.3, 0.4) is 0 Å². The van der Waals surface area contributed by atoms with Gasteiger partial charge in [-0.2, -0.15) is 0 Å². The van der Waals surface area contributed by atoms with Crippen molar-refractivity contribution in [1.82, 2.24) is 29.7 Å². The Kier molecular flexibility index (Phi) is 4.97. The van der Waals surface area contributed by atoms with Crippen LogP contribution in [0.25, 0.3) is 28.5 Å². The Morgan fingerprint density at radius 1 is 1.28 bits per heavy atom. The van der Waals surface area contributed by atoms with Gasteiger partial charge in [-0.15, -0.1) is 0 Å². The van der Waals surface area contributed by atoms with Crippen LogP contribution < -0.4 is 11.1 Å². The fourth-order valence-electron chi connectivity index (χ4n) is 4.27. The number of rotatable bonds is 6. The number of hydrogen-bond donors (Lipinski definition) is 2. The van der Waals surface area contributed by atoms with Gasteiger partial charge < -0.3 is 19.9 Å². The zero-order chi connectivity index (χ0) is 22.3. The van der Waals surface area contributed by atoms with Crippen molar-refractivity contribution < 1.29 is 9.21 Å².